The number of carbonyl (C=O) groups excluding carboxylic acids is 1. The second-order valence-corrected chi connectivity index (χ2v) is 6.93. The predicted octanol–water partition coefficient (Wildman–Crippen LogP) is 2.22. The molecule has 1 aliphatic rings. The molecule has 3 rings (SSSR count). The predicted molar refractivity (Wildman–Crippen MR) is 98.3 cm³/mol. The van der Waals surface area contributed by atoms with Gasteiger partial charge in [-0.15, -0.1) is 0 Å². The van der Waals surface area contributed by atoms with E-state index in [1.807, 2.05) is 39.8 Å². The molecule has 3 heterocycles. The molecule has 140 valence electrons. The van der Waals surface area contributed by atoms with E-state index in [0.717, 1.165) is 17.8 Å². The van der Waals surface area contributed by atoms with Crippen molar-refractivity contribution in [3.63, 3.8) is 0 Å². The van der Waals surface area contributed by atoms with Crippen LogP contribution in [0.1, 0.15) is 42.0 Å². The molecule has 2 aromatic rings. The first-order valence-corrected chi connectivity index (χ1v) is 8.91. The Labute approximate surface area is 153 Å². The van der Waals surface area contributed by atoms with Crippen LogP contribution in [0, 0.1) is 13.8 Å². The minimum Gasteiger partial charge on any atom is -0.379 e. The monoisotopic (exact) mass is 358 g/mol. The second-order valence-electron chi connectivity index (χ2n) is 6.93. The number of rotatable bonds is 5. The van der Waals surface area contributed by atoms with E-state index in [-0.39, 0.29) is 18.1 Å². The van der Waals surface area contributed by atoms with Crippen LogP contribution in [0.25, 0.3) is 5.65 Å². The number of aryl methyl sites for hydroxylation is 2. The van der Waals surface area contributed by atoms with Crippen LogP contribution in [-0.2, 0) is 9.47 Å². The maximum absolute atomic E-state index is 12.8. The zero-order valence-corrected chi connectivity index (χ0v) is 15.8. The third-order valence-electron chi connectivity index (χ3n) is 4.43. The lowest BCUT2D eigenvalue weighted by Crippen LogP contribution is -2.50. The summed E-state index contributed by atoms with van der Waals surface area (Å²) in [5.41, 5.74) is 4.04. The summed E-state index contributed by atoms with van der Waals surface area (Å²) in [6.45, 7) is 9.54. The quantitative estimate of drug-likeness (QED) is 0.829. The lowest BCUT2D eigenvalue weighted by Gasteiger charge is -2.31. The normalized spacial score (nSPS) is 20.2. The summed E-state index contributed by atoms with van der Waals surface area (Å²) < 4.78 is 13.2. The molecule has 26 heavy (non-hydrogen) atoms. The highest BCUT2D eigenvalue weighted by Gasteiger charge is 2.29. The fourth-order valence-electron chi connectivity index (χ4n) is 3.07. The minimum atomic E-state index is -0.205. The van der Waals surface area contributed by atoms with Crippen LogP contribution in [0.2, 0.25) is 0 Å². The third-order valence-corrected chi connectivity index (χ3v) is 4.43. The highest BCUT2D eigenvalue weighted by atomic mass is 16.5. The molecule has 2 atom stereocenters. The van der Waals surface area contributed by atoms with E-state index < -0.39 is 0 Å². The van der Waals surface area contributed by atoms with Gasteiger partial charge < -0.3 is 14.8 Å². The average Bonchev–Trinajstić information content (AvgIpc) is 3.00. The van der Waals surface area contributed by atoms with Crippen LogP contribution in [0.5, 0.6) is 0 Å². The number of hydrogen-bond acceptors (Lipinski definition) is 5. The van der Waals surface area contributed by atoms with Gasteiger partial charge in [-0.3, -0.25) is 4.79 Å². The fraction of sp³-hybridized carbons (Fsp3) is 0.526. The molecule has 1 saturated heterocycles. The first-order chi connectivity index (χ1) is 12.5. The number of carbonyl (C=O) groups is 1. The number of fused-ring (bicyclic) bond motifs is 1. The largest absolute Gasteiger partial charge is 0.379 e. The standard InChI is InChI=1S/C19H26N4O3/c1-12(2)5-8-26-17-6-7-25-11-16(17)22-19(24)15-10-20-23-14(4)9-13(3)21-18(15)23/h5,9-10,16-17H,6-8,11H2,1-4H3,(H,22,24)/t16-,17+/m0/s1. The van der Waals surface area contributed by atoms with Crippen molar-refractivity contribution in [3.8, 4) is 0 Å². The second kappa shape index (κ2) is 7.97. The topological polar surface area (TPSA) is 77.8 Å². The van der Waals surface area contributed by atoms with Gasteiger partial charge in [0.05, 0.1) is 31.6 Å². The van der Waals surface area contributed by atoms with Crippen molar-refractivity contribution in [1.29, 1.82) is 0 Å². The van der Waals surface area contributed by atoms with Gasteiger partial charge >= 0.3 is 0 Å². The molecule has 1 amide bonds. The smallest absolute Gasteiger partial charge is 0.257 e. The molecule has 0 saturated carbocycles. The molecule has 0 radical (unpaired) electrons. The van der Waals surface area contributed by atoms with Gasteiger partial charge in [-0.05, 0) is 40.2 Å². The summed E-state index contributed by atoms with van der Waals surface area (Å²) in [4.78, 5) is 17.3. The summed E-state index contributed by atoms with van der Waals surface area (Å²) in [7, 11) is 0. The molecule has 0 unspecified atom stereocenters. The summed E-state index contributed by atoms with van der Waals surface area (Å²) in [5, 5.41) is 7.32. The van der Waals surface area contributed by atoms with Crippen LogP contribution in [0.4, 0.5) is 0 Å². The van der Waals surface area contributed by atoms with E-state index in [9.17, 15) is 4.79 Å². The molecule has 0 aromatic carbocycles. The van der Waals surface area contributed by atoms with Gasteiger partial charge in [0.2, 0.25) is 0 Å². The number of nitrogens with one attached hydrogen (secondary N) is 1. The number of nitrogens with zero attached hydrogens (tertiary/aromatic N) is 3. The van der Waals surface area contributed by atoms with E-state index in [1.54, 1.807) is 10.7 Å². The Morgan fingerprint density at radius 3 is 3.04 bits per heavy atom. The van der Waals surface area contributed by atoms with E-state index in [2.05, 4.69) is 15.4 Å². The Morgan fingerprint density at radius 1 is 1.46 bits per heavy atom. The lowest BCUT2D eigenvalue weighted by molar-refractivity contribution is -0.0457. The Bertz CT molecular complexity index is 824. The van der Waals surface area contributed by atoms with Crippen molar-refractivity contribution in [2.75, 3.05) is 19.8 Å². The molecule has 7 nitrogen and oxygen atoms in total. The zero-order valence-electron chi connectivity index (χ0n) is 15.8. The fourth-order valence-corrected chi connectivity index (χ4v) is 3.07. The first-order valence-electron chi connectivity index (χ1n) is 8.91. The molecule has 2 aromatic heterocycles. The van der Waals surface area contributed by atoms with E-state index in [0.29, 0.717) is 31.0 Å². The highest BCUT2D eigenvalue weighted by Crippen LogP contribution is 2.16. The number of ether oxygens (including phenoxy) is 2. The van der Waals surface area contributed by atoms with Crippen molar-refractivity contribution in [1.82, 2.24) is 19.9 Å². The summed E-state index contributed by atoms with van der Waals surface area (Å²) in [6, 6.07) is 1.74. The van der Waals surface area contributed by atoms with Crippen LogP contribution in [0.3, 0.4) is 0 Å². The molecule has 1 N–H and O–H groups in total. The molecule has 0 aliphatic carbocycles. The zero-order chi connectivity index (χ0) is 18.7. The Balaban J connectivity index is 1.74. The van der Waals surface area contributed by atoms with Crippen LogP contribution >= 0.6 is 0 Å². The molecule has 7 heteroatoms. The lowest BCUT2D eigenvalue weighted by atomic mass is 10.1. The Morgan fingerprint density at radius 2 is 2.27 bits per heavy atom. The van der Waals surface area contributed by atoms with E-state index in [4.69, 9.17) is 9.47 Å². The molecular weight excluding hydrogens is 332 g/mol. The van der Waals surface area contributed by atoms with Gasteiger partial charge in [-0.25, -0.2) is 9.50 Å². The van der Waals surface area contributed by atoms with Crippen LogP contribution < -0.4 is 5.32 Å². The van der Waals surface area contributed by atoms with E-state index in [1.165, 1.54) is 5.57 Å². The number of amides is 1. The van der Waals surface area contributed by atoms with Gasteiger partial charge in [0.25, 0.3) is 5.91 Å². The summed E-state index contributed by atoms with van der Waals surface area (Å²) >= 11 is 0. The van der Waals surface area contributed by atoms with Crippen molar-refractivity contribution in [3.05, 3.63) is 40.9 Å². The van der Waals surface area contributed by atoms with Gasteiger partial charge in [-0.2, -0.15) is 5.10 Å². The average molecular weight is 358 g/mol. The van der Waals surface area contributed by atoms with Gasteiger partial charge in [0, 0.05) is 18.0 Å². The molecule has 1 fully saturated rings. The summed E-state index contributed by atoms with van der Waals surface area (Å²) in [6.07, 6.45) is 4.29. The molecule has 0 spiro atoms. The van der Waals surface area contributed by atoms with Gasteiger partial charge in [-0.1, -0.05) is 11.6 Å². The highest BCUT2D eigenvalue weighted by molar-refractivity contribution is 5.99. The minimum absolute atomic E-state index is 0.0680. The third kappa shape index (κ3) is 4.11. The van der Waals surface area contributed by atoms with Crippen molar-refractivity contribution >= 4 is 11.6 Å². The SMILES string of the molecule is CC(C)=CCO[C@@H]1CCOC[C@@H]1NC(=O)c1cnn2c(C)cc(C)nc12. The Kier molecular flexibility index (Phi) is 5.68. The van der Waals surface area contributed by atoms with Gasteiger partial charge in [0.15, 0.2) is 5.65 Å². The van der Waals surface area contributed by atoms with Gasteiger partial charge in [0.1, 0.15) is 5.56 Å². The maximum atomic E-state index is 12.8. The maximum Gasteiger partial charge on any atom is 0.257 e. The van der Waals surface area contributed by atoms with Crippen molar-refractivity contribution < 1.29 is 14.3 Å². The molecule has 0 bridgehead atoms. The Hall–Kier alpha value is -2.25. The van der Waals surface area contributed by atoms with Crippen LogP contribution in [0.15, 0.2) is 23.9 Å². The number of aromatic nitrogens is 3. The summed E-state index contributed by atoms with van der Waals surface area (Å²) in [5.74, 6) is -0.205. The molecule has 1 aliphatic heterocycles. The van der Waals surface area contributed by atoms with Crippen molar-refractivity contribution in [2.24, 2.45) is 0 Å². The first kappa shape index (κ1) is 18.5. The number of hydrogen-bond donors (Lipinski definition) is 1. The molecular formula is C19H26N4O3. The van der Waals surface area contributed by atoms with E-state index >= 15 is 0 Å². The van der Waals surface area contributed by atoms with Crippen LogP contribution in [-0.4, -0.2) is 52.5 Å². The van der Waals surface area contributed by atoms with Crippen molar-refractivity contribution in [2.45, 2.75) is 46.3 Å². The number of allylic oxidation sites excluding steroid dienone is 1.